The van der Waals surface area contributed by atoms with Crippen molar-refractivity contribution in [1.29, 1.82) is 0 Å². The molecule has 17 heavy (non-hydrogen) atoms. The lowest BCUT2D eigenvalue weighted by Gasteiger charge is -2.36. The topological polar surface area (TPSA) is 46.3 Å². The number of nitrogens with two attached hydrogens (primary N) is 1. The molecule has 2 rings (SSSR count). The first-order chi connectivity index (χ1) is 8.22. The number of nitrogens with zero attached hydrogens (tertiary/aromatic N) is 1. The lowest BCUT2D eigenvalue weighted by Crippen LogP contribution is -2.45. The quantitative estimate of drug-likeness (QED) is 0.844. The molecule has 0 bridgehead atoms. The van der Waals surface area contributed by atoms with E-state index in [4.69, 9.17) is 5.73 Å². The van der Waals surface area contributed by atoms with E-state index >= 15 is 0 Å². The minimum Gasteiger partial charge on any atom is -0.338 e. The molecular weight excluding hydrogens is 212 g/mol. The summed E-state index contributed by atoms with van der Waals surface area (Å²) >= 11 is 0. The average Bonchev–Trinajstić information content (AvgIpc) is 2.39. The fourth-order valence-corrected chi connectivity index (χ4v) is 2.40. The van der Waals surface area contributed by atoms with Crippen LogP contribution in [-0.2, 0) is 0 Å². The molecule has 1 aliphatic rings. The Balaban J connectivity index is 2.06. The largest absolute Gasteiger partial charge is 0.338 e. The van der Waals surface area contributed by atoms with E-state index in [1.807, 2.05) is 35.2 Å². The van der Waals surface area contributed by atoms with Gasteiger partial charge in [-0.1, -0.05) is 25.1 Å². The second-order valence-corrected chi connectivity index (χ2v) is 4.88. The van der Waals surface area contributed by atoms with E-state index in [1.54, 1.807) is 0 Å². The Morgan fingerprint density at radius 1 is 1.41 bits per heavy atom. The molecule has 3 heteroatoms. The van der Waals surface area contributed by atoms with Crippen molar-refractivity contribution in [2.24, 2.45) is 17.6 Å². The van der Waals surface area contributed by atoms with Crippen LogP contribution >= 0.6 is 0 Å². The van der Waals surface area contributed by atoms with Crippen LogP contribution in [0.15, 0.2) is 30.3 Å². The smallest absolute Gasteiger partial charge is 0.253 e. The maximum atomic E-state index is 12.3. The summed E-state index contributed by atoms with van der Waals surface area (Å²) in [5.41, 5.74) is 6.53. The third kappa shape index (κ3) is 2.67. The predicted molar refractivity (Wildman–Crippen MR) is 68.7 cm³/mol. The van der Waals surface area contributed by atoms with E-state index in [0.717, 1.165) is 25.1 Å². The van der Waals surface area contributed by atoms with Gasteiger partial charge in [0.25, 0.3) is 5.91 Å². The molecule has 92 valence electrons. The first kappa shape index (κ1) is 12.1. The Hall–Kier alpha value is -1.35. The summed E-state index contributed by atoms with van der Waals surface area (Å²) < 4.78 is 0. The van der Waals surface area contributed by atoms with Gasteiger partial charge in [0, 0.05) is 18.7 Å². The van der Waals surface area contributed by atoms with Crippen molar-refractivity contribution < 1.29 is 4.79 Å². The van der Waals surface area contributed by atoms with Gasteiger partial charge in [-0.15, -0.1) is 0 Å². The van der Waals surface area contributed by atoms with E-state index in [2.05, 4.69) is 6.92 Å². The van der Waals surface area contributed by atoms with Crippen molar-refractivity contribution in [2.75, 3.05) is 19.6 Å². The van der Waals surface area contributed by atoms with Crippen molar-refractivity contribution in [3.63, 3.8) is 0 Å². The van der Waals surface area contributed by atoms with Crippen LogP contribution in [0.2, 0.25) is 0 Å². The summed E-state index contributed by atoms with van der Waals surface area (Å²) in [5, 5.41) is 0. The number of likely N-dealkylation sites (tertiary alicyclic amines) is 1. The van der Waals surface area contributed by atoms with Gasteiger partial charge in [0.1, 0.15) is 0 Å². The summed E-state index contributed by atoms with van der Waals surface area (Å²) in [6, 6.07) is 9.48. The fourth-order valence-electron chi connectivity index (χ4n) is 2.40. The van der Waals surface area contributed by atoms with Gasteiger partial charge in [-0.3, -0.25) is 4.79 Å². The highest BCUT2D eigenvalue weighted by atomic mass is 16.2. The molecule has 0 saturated carbocycles. The number of benzene rings is 1. The second-order valence-electron chi connectivity index (χ2n) is 4.88. The highest BCUT2D eigenvalue weighted by Gasteiger charge is 2.28. The third-order valence-electron chi connectivity index (χ3n) is 3.72. The van der Waals surface area contributed by atoms with Crippen molar-refractivity contribution in [1.82, 2.24) is 4.90 Å². The lowest BCUT2D eigenvalue weighted by atomic mass is 9.87. The molecule has 0 aliphatic carbocycles. The van der Waals surface area contributed by atoms with Gasteiger partial charge in [0.2, 0.25) is 0 Å². The summed E-state index contributed by atoms with van der Waals surface area (Å²) in [5.74, 6) is 1.20. The minimum absolute atomic E-state index is 0.135. The number of carbonyl (C=O) groups excluding carboxylic acids is 1. The maximum absolute atomic E-state index is 12.3. The number of rotatable bonds is 2. The lowest BCUT2D eigenvalue weighted by molar-refractivity contribution is 0.0618. The molecule has 0 spiro atoms. The Kier molecular flexibility index (Phi) is 3.79. The van der Waals surface area contributed by atoms with Crippen LogP contribution < -0.4 is 5.73 Å². The van der Waals surface area contributed by atoms with E-state index in [9.17, 15) is 4.79 Å². The van der Waals surface area contributed by atoms with Crippen LogP contribution in [0.1, 0.15) is 23.7 Å². The summed E-state index contributed by atoms with van der Waals surface area (Å²) in [6.45, 7) is 4.54. The summed E-state index contributed by atoms with van der Waals surface area (Å²) in [6.07, 6.45) is 1.06. The van der Waals surface area contributed by atoms with Crippen molar-refractivity contribution in [2.45, 2.75) is 13.3 Å². The Morgan fingerprint density at radius 2 is 2.12 bits per heavy atom. The second kappa shape index (κ2) is 5.32. The molecule has 0 aromatic heterocycles. The van der Waals surface area contributed by atoms with E-state index in [1.165, 1.54) is 0 Å². The summed E-state index contributed by atoms with van der Waals surface area (Å²) in [7, 11) is 0. The molecule has 1 amide bonds. The molecule has 1 aliphatic heterocycles. The van der Waals surface area contributed by atoms with Crippen molar-refractivity contribution in [3.05, 3.63) is 35.9 Å². The number of hydrogen-bond acceptors (Lipinski definition) is 2. The molecule has 1 fully saturated rings. The zero-order valence-electron chi connectivity index (χ0n) is 10.3. The van der Waals surface area contributed by atoms with Crippen LogP contribution in [0.5, 0.6) is 0 Å². The Labute approximate surface area is 103 Å². The monoisotopic (exact) mass is 232 g/mol. The molecule has 0 radical (unpaired) electrons. The average molecular weight is 232 g/mol. The molecular formula is C14H20N2O. The van der Waals surface area contributed by atoms with Crippen LogP contribution in [0.25, 0.3) is 0 Å². The van der Waals surface area contributed by atoms with Crippen molar-refractivity contribution >= 4 is 5.91 Å². The summed E-state index contributed by atoms with van der Waals surface area (Å²) in [4.78, 5) is 14.2. The highest BCUT2D eigenvalue weighted by Crippen LogP contribution is 2.23. The van der Waals surface area contributed by atoms with Gasteiger partial charge >= 0.3 is 0 Å². The predicted octanol–water partition coefficient (Wildman–Crippen LogP) is 1.74. The zero-order chi connectivity index (χ0) is 12.3. The first-order valence-corrected chi connectivity index (χ1v) is 6.26. The Bertz CT molecular complexity index is 377. The van der Waals surface area contributed by atoms with Gasteiger partial charge in [-0.25, -0.2) is 0 Å². The van der Waals surface area contributed by atoms with Gasteiger partial charge in [-0.05, 0) is 36.9 Å². The van der Waals surface area contributed by atoms with E-state index in [-0.39, 0.29) is 5.91 Å². The standard InChI is InChI=1S/C14H20N2O/c1-11-7-8-16(10-13(11)9-15)14(17)12-5-3-2-4-6-12/h2-6,11,13H,7-10,15H2,1H3. The zero-order valence-corrected chi connectivity index (χ0v) is 10.3. The van der Waals surface area contributed by atoms with Crippen LogP contribution in [-0.4, -0.2) is 30.4 Å². The number of hydrogen-bond donors (Lipinski definition) is 1. The van der Waals surface area contributed by atoms with Crippen molar-refractivity contribution in [3.8, 4) is 0 Å². The van der Waals surface area contributed by atoms with Crippen LogP contribution in [0.4, 0.5) is 0 Å². The normalized spacial score (nSPS) is 24.7. The molecule has 1 aromatic carbocycles. The number of carbonyl (C=O) groups is 1. The number of piperidine rings is 1. The molecule has 1 aromatic rings. The molecule has 1 saturated heterocycles. The first-order valence-electron chi connectivity index (χ1n) is 6.26. The SMILES string of the molecule is CC1CCN(C(=O)c2ccccc2)CC1CN. The minimum atomic E-state index is 0.135. The fraction of sp³-hybridized carbons (Fsp3) is 0.500. The van der Waals surface area contributed by atoms with Crippen LogP contribution in [0.3, 0.4) is 0 Å². The van der Waals surface area contributed by atoms with Gasteiger partial charge in [0.15, 0.2) is 0 Å². The maximum Gasteiger partial charge on any atom is 0.253 e. The van der Waals surface area contributed by atoms with Gasteiger partial charge < -0.3 is 10.6 Å². The third-order valence-corrected chi connectivity index (χ3v) is 3.72. The molecule has 2 unspecified atom stereocenters. The van der Waals surface area contributed by atoms with Crippen LogP contribution in [0, 0.1) is 11.8 Å². The van der Waals surface area contributed by atoms with E-state index < -0.39 is 0 Å². The molecule has 1 heterocycles. The molecule has 2 atom stereocenters. The highest BCUT2D eigenvalue weighted by molar-refractivity contribution is 5.94. The van der Waals surface area contributed by atoms with Gasteiger partial charge in [-0.2, -0.15) is 0 Å². The number of amides is 1. The van der Waals surface area contributed by atoms with Gasteiger partial charge in [0.05, 0.1) is 0 Å². The molecule has 2 N–H and O–H groups in total. The Morgan fingerprint density at radius 3 is 2.76 bits per heavy atom. The molecule has 3 nitrogen and oxygen atoms in total. The van der Waals surface area contributed by atoms with E-state index in [0.29, 0.717) is 18.4 Å².